The molecule has 5 heteroatoms. The van der Waals surface area contributed by atoms with Crippen LogP contribution >= 0.6 is 27.3 Å². The second-order valence-corrected chi connectivity index (χ2v) is 6.25. The molecule has 2 aromatic rings. The molecule has 0 bridgehead atoms. The Labute approximate surface area is 124 Å². The van der Waals surface area contributed by atoms with Crippen LogP contribution in [0.25, 0.3) is 0 Å². The van der Waals surface area contributed by atoms with E-state index >= 15 is 0 Å². The van der Waals surface area contributed by atoms with Gasteiger partial charge in [0.15, 0.2) is 5.78 Å². The van der Waals surface area contributed by atoms with Gasteiger partial charge in [-0.15, -0.1) is 11.3 Å². The molecule has 2 nitrogen and oxygen atoms in total. The smallest absolute Gasteiger partial charge is 0.176 e. The van der Waals surface area contributed by atoms with Crippen molar-refractivity contribution in [2.45, 2.75) is 6.54 Å². The van der Waals surface area contributed by atoms with E-state index in [4.69, 9.17) is 0 Å². The van der Waals surface area contributed by atoms with Gasteiger partial charge >= 0.3 is 0 Å². The van der Waals surface area contributed by atoms with Crippen LogP contribution in [-0.2, 0) is 6.54 Å². The molecule has 0 saturated heterocycles. The molecule has 100 valence electrons. The molecule has 1 aromatic carbocycles. The molecule has 0 fully saturated rings. The van der Waals surface area contributed by atoms with Gasteiger partial charge in [0.05, 0.1) is 6.54 Å². The standard InChI is InChI=1S/C14H13BrFNOS/c1-17(7-13-6-11(15)9-19-13)8-14(18)10-2-4-12(16)5-3-10/h2-6,9H,7-8H2,1H3. The molecule has 0 amide bonds. The van der Waals surface area contributed by atoms with E-state index < -0.39 is 0 Å². The third-order valence-electron chi connectivity index (χ3n) is 2.63. The van der Waals surface area contributed by atoms with Gasteiger partial charge in [-0.3, -0.25) is 9.69 Å². The summed E-state index contributed by atoms with van der Waals surface area (Å²) < 4.78 is 13.8. The van der Waals surface area contributed by atoms with Crippen LogP contribution < -0.4 is 0 Å². The molecule has 0 aliphatic rings. The van der Waals surface area contributed by atoms with E-state index in [9.17, 15) is 9.18 Å². The zero-order valence-corrected chi connectivity index (χ0v) is 12.8. The highest BCUT2D eigenvalue weighted by Gasteiger charge is 2.10. The van der Waals surface area contributed by atoms with E-state index in [2.05, 4.69) is 15.9 Å². The van der Waals surface area contributed by atoms with Crippen LogP contribution in [0.5, 0.6) is 0 Å². The maximum Gasteiger partial charge on any atom is 0.176 e. The molecule has 0 unspecified atom stereocenters. The van der Waals surface area contributed by atoms with E-state index in [1.54, 1.807) is 11.3 Å². The van der Waals surface area contributed by atoms with Gasteiger partial charge in [0.1, 0.15) is 5.82 Å². The monoisotopic (exact) mass is 341 g/mol. The SMILES string of the molecule is CN(CC(=O)c1ccc(F)cc1)Cc1cc(Br)cs1. The Hall–Kier alpha value is -1.04. The van der Waals surface area contributed by atoms with Crippen molar-refractivity contribution in [2.75, 3.05) is 13.6 Å². The Bertz CT molecular complexity index is 567. The number of ketones is 1. The Morgan fingerprint density at radius 3 is 2.63 bits per heavy atom. The molecule has 0 aliphatic heterocycles. The maximum atomic E-state index is 12.8. The lowest BCUT2D eigenvalue weighted by Gasteiger charge is -2.14. The second-order valence-electron chi connectivity index (χ2n) is 4.33. The summed E-state index contributed by atoms with van der Waals surface area (Å²) in [5.74, 6) is -0.327. The zero-order valence-electron chi connectivity index (χ0n) is 10.4. The summed E-state index contributed by atoms with van der Waals surface area (Å²) in [7, 11) is 1.90. The number of rotatable bonds is 5. The first-order valence-corrected chi connectivity index (χ1v) is 7.42. The van der Waals surface area contributed by atoms with Crippen LogP contribution in [-0.4, -0.2) is 24.3 Å². The van der Waals surface area contributed by atoms with Crippen LogP contribution in [0.4, 0.5) is 4.39 Å². The summed E-state index contributed by atoms with van der Waals surface area (Å²) in [4.78, 5) is 15.1. The van der Waals surface area contributed by atoms with E-state index in [1.165, 1.54) is 29.1 Å². The van der Waals surface area contributed by atoms with Gasteiger partial charge in [-0.05, 0) is 53.3 Å². The molecule has 1 aromatic heterocycles. The van der Waals surface area contributed by atoms with Crippen LogP contribution in [0.3, 0.4) is 0 Å². The number of carbonyl (C=O) groups excluding carboxylic acids is 1. The number of thiophene rings is 1. The third kappa shape index (κ3) is 4.23. The first kappa shape index (κ1) is 14.4. The van der Waals surface area contributed by atoms with E-state index in [0.29, 0.717) is 12.1 Å². The van der Waals surface area contributed by atoms with Crippen molar-refractivity contribution >= 4 is 33.0 Å². The van der Waals surface area contributed by atoms with Crippen LogP contribution in [0, 0.1) is 5.82 Å². The summed E-state index contributed by atoms with van der Waals surface area (Å²) in [6.45, 7) is 1.05. The predicted molar refractivity (Wildman–Crippen MR) is 79.1 cm³/mol. The minimum atomic E-state index is -0.326. The number of halogens is 2. The summed E-state index contributed by atoms with van der Waals surface area (Å²) in [6, 6.07) is 7.71. The van der Waals surface area contributed by atoms with Crippen molar-refractivity contribution in [3.8, 4) is 0 Å². The number of Topliss-reactive ketones (excluding diaryl/α,β-unsaturated/α-hetero) is 1. The number of carbonyl (C=O) groups is 1. The summed E-state index contributed by atoms with van der Waals surface area (Å²) >= 11 is 5.06. The quantitative estimate of drug-likeness (QED) is 0.767. The Morgan fingerprint density at radius 2 is 2.05 bits per heavy atom. The fraction of sp³-hybridized carbons (Fsp3) is 0.214. The highest BCUT2D eigenvalue weighted by atomic mass is 79.9. The van der Waals surface area contributed by atoms with Crippen molar-refractivity contribution in [1.29, 1.82) is 0 Å². The van der Waals surface area contributed by atoms with E-state index in [0.717, 1.165) is 11.0 Å². The van der Waals surface area contributed by atoms with Gasteiger partial charge in [0.2, 0.25) is 0 Å². The lowest BCUT2D eigenvalue weighted by molar-refractivity contribution is 0.0943. The fourth-order valence-corrected chi connectivity index (χ4v) is 3.26. The molecule has 2 rings (SSSR count). The Morgan fingerprint density at radius 1 is 1.37 bits per heavy atom. The van der Waals surface area contributed by atoms with Crippen LogP contribution in [0.2, 0.25) is 0 Å². The van der Waals surface area contributed by atoms with Crippen molar-refractivity contribution in [1.82, 2.24) is 4.90 Å². The lowest BCUT2D eigenvalue weighted by atomic mass is 10.1. The topological polar surface area (TPSA) is 20.3 Å². The highest BCUT2D eigenvalue weighted by Crippen LogP contribution is 2.20. The van der Waals surface area contributed by atoms with Crippen molar-refractivity contribution in [2.24, 2.45) is 0 Å². The summed E-state index contributed by atoms with van der Waals surface area (Å²) in [6.07, 6.45) is 0. The summed E-state index contributed by atoms with van der Waals surface area (Å²) in [5, 5.41) is 2.02. The Balaban J connectivity index is 1.93. The number of hydrogen-bond acceptors (Lipinski definition) is 3. The first-order chi connectivity index (χ1) is 9.04. The van der Waals surface area contributed by atoms with Crippen molar-refractivity contribution in [3.63, 3.8) is 0 Å². The average Bonchev–Trinajstić information content (AvgIpc) is 2.75. The molecule has 0 aliphatic carbocycles. The van der Waals surface area contributed by atoms with Gasteiger partial charge in [-0.1, -0.05) is 0 Å². The maximum absolute atomic E-state index is 12.8. The third-order valence-corrected chi connectivity index (χ3v) is 4.31. The fourth-order valence-electron chi connectivity index (χ4n) is 1.73. The highest BCUT2D eigenvalue weighted by molar-refractivity contribution is 9.10. The molecular formula is C14H13BrFNOS. The van der Waals surface area contributed by atoms with Crippen molar-refractivity contribution < 1.29 is 9.18 Å². The van der Waals surface area contributed by atoms with Gasteiger partial charge in [-0.2, -0.15) is 0 Å². The molecule has 0 atom stereocenters. The minimum absolute atomic E-state index is 0.00174. The zero-order chi connectivity index (χ0) is 13.8. The Kier molecular flexibility index (Phi) is 4.85. The van der Waals surface area contributed by atoms with Gasteiger partial charge in [0.25, 0.3) is 0 Å². The predicted octanol–water partition coefficient (Wildman–Crippen LogP) is 3.96. The molecule has 0 spiro atoms. The van der Waals surface area contributed by atoms with Gasteiger partial charge < -0.3 is 0 Å². The second kappa shape index (κ2) is 6.41. The number of hydrogen-bond donors (Lipinski definition) is 0. The average molecular weight is 342 g/mol. The number of benzene rings is 1. The van der Waals surface area contributed by atoms with Gasteiger partial charge in [-0.25, -0.2) is 4.39 Å². The van der Waals surface area contributed by atoms with E-state index in [-0.39, 0.29) is 11.6 Å². The summed E-state index contributed by atoms with van der Waals surface area (Å²) in [5.41, 5.74) is 0.542. The first-order valence-electron chi connectivity index (χ1n) is 5.75. The molecule has 19 heavy (non-hydrogen) atoms. The van der Waals surface area contributed by atoms with Crippen LogP contribution in [0.1, 0.15) is 15.2 Å². The van der Waals surface area contributed by atoms with E-state index in [1.807, 2.05) is 23.4 Å². The number of nitrogens with zero attached hydrogens (tertiary/aromatic N) is 1. The molecule has 0 N–H and O–H groups in total. The number of likely N-dealkylation sites (N-methyl/N-ethyl adjacent to an activating group) is 1. The molecule has 0 saturated carbocycles. The molecular weight excluding hydrogens is 329 g/mol. The molecule has 1 heterocycles. The normalized spacial score (nSPS) is 10.9. The largest absolute Gasteiger partial charge is 0.294 e. The lowest BCUT2D eigenvalue weighted by Crippen LogP contribution is -2.25. The molecule has 0 radical (unpaired) electrons. The van der Waals surface area contributed by atoms with Gasteiger partial charge in [0, 0.05) is 26.8 Å². The van der Waals surface area contributed by atoms with Crippen LogP contribution in [0.15, 0.2) is 40.2 Å². The van der Waals surface area contributed by atoms with Crippen molar-refractivity contribution in [3.05, 3.63) is 56.4 Å². The minimum Gasteiger partial charge on any atom is -0.294 e.